The first-order valence-electron chi connectivity index (χ1n) is 9.30. The summed E-state index contributed by atoms with van der Waals surface area (Å²) in [6.45, 7) is 2.89. The number of aryl methyl sites for hydroxylation is 1. The van der Waals surface area contributed by atoms with Gasteiger partial charge in [-0.2, -0.15) is 13.2 Å². The van der Waals surface area contributed by atoms with Crippen LogP contribution in [0.5, 0.6) is 11.6 Å². The number of halogens is 4. The Morgan fingerprint density at radius 3 is 2.45 bits per heavy atom. The topological polar surface area (TPSA) is 105 Å². The summed E-state index contributed by atoms with van der Waals surface area (Å²) in [6, 6.07) is 10.7. The summed E-state index contributed by atoms with van der Waals surface area (Å²) < 4.78 is 66.3. The smallest absolute Gasteiger partial charge is 0.435 e. The van der Waals surface area contributed by atoms with Crippen LogP contribution in [0.2, 0.25) is 0 Å². The number of hydrogen-bond donors (Lipinski definition) is 2. The Hall–Kier alpha value is -2.99. The highest BCUT2D eigenvalue weighted by molar-refractivity contribution is 9.10. The van der Waals surface area contributed by atoms with E-state index < -0.39 is 44.5 Å². The lowest BCUT2D eigenvalue weighted by atomic mass is 10.1. The maximum atomic E-state index is 13.4. The highest BCUT2D eigenvalue weighted by atomic mass is 79.9. The van der Waals surface area contributed by atoms with Gasteiger partial charge in [0.25, 0.3) is 11.8 Å². The lowest BCUT2D eigenvalue weighted by Gasteiger charge is -2.16. The van der Waals surface area contributed by atoms with Gasteiger partial charge in [-0.1, -0.05) is 22.0 Å². The van der Waals surface area contributed by atoms with Gasteiger partial charge < -0.3 is 10.1 Å². The number of rotatable bonds is 5. The van der Waals surface area contributed by atoms with Gasteiger partial charge in [0.1, 0.15) is 11.3 Å². The minimum atomic E-state index is -4.84. The molecule has 1 atom stereocenters. The van der Waals surface area contributed by atoms with Crippen LogP contribution >= 0.6 is 15.9 Å². The van der Waals surface area contributed by atoms with Crippen LogP contribution in [0, 0.1) is 18.6 Å². The third-order valence-electron chi connectivity index (χ3n) is 4.45. The molecular formula is C21H18BrF3N4O3S. The predicted octanol–water partition coefficient (Wildman–Crippen LogP) is 5.95. The van der Waals surface area contributed by atoms with Crippen molar-refractivity contribution in [2.45, 2.75) is 24.9 Å². The van der Waals surface area contributed by atoms with Crippen molar-refractivity contribution in [1.82, 2.24) is 10.2 Å². The van der Waals surface area contributed by atoms with E-state index in [1.54, 1.807) is 25.1 Å². The number of nitrogens with zero attached hydrogens (tertiary/aromatic N) is 2. The molecule has 12 heteroatoms. The van der Waals surface area contributed by atoms with Gasteiger partial charge in [0.15, 0.2) is 5.69 Å². The van der Waals surface area contributed by atoms with Crippen molar-refractivity contribution in [3.8, 4) is 11.6 Å². The van der Waals surface area contributed by atoms with E-state index in [-0.39, 0.29) is 16.3 Å². The number of nitrogens with one attached hydrogen (secondary N) is 2. The lowest BCUT2D eigenvalue weighted by molar-refractivity contribution is -0.142. The molecular weight excluding hydrogens is 525 g/mol. The third kappa shape index (κ3) is 5.88. The zero-order valence-electron chi connectivity index (χ0n) is 17.6. The van der Waals surface area contributed by atoms with Gasteiger partial charge in [0.05, 0.1) is 9.73 Å². The van der Waals surface area contributed by atoms with Crippen LogP contribution in [0.3, 0.4) is 0 Å². The fourth-order valence-corrected chi connectivity index (χ4v) is 4.27. The molecule has 174 valence electrons. The lowest BCUT2D eigenvalue weighted by Crippen LogP contribution is -2.21. The molecule has 1 amide bonds. The maximum absolute atomic E-state index is 13.4. The van der Waals surface area contributed by atoms with E-state index in [1.807, 2.05) is 0 Å². The molecule has 2 N–H and O–H groups in total. The number of benzene rings is 2. The van der Waals surface area contributed by atoms with Crippen molar-refractivity contribution in [3.63, 3.8) is 0 Å². The van der Waals surface area contributed by atoms with Crippen LogP contribution in [0.4, 0.5) is 18.9 Å². The van der Waals surface area contributed by atoms with E-state index in [9.17, 15) is 22.2 Å². The van der Waals surface area contributed by atoms with Crippen molar-refractivity contribution < 1.29 is 26.9 Å². The van der Waals surface area contributed by atoms with Crippen molar-refractivity contribution in [2.24, 2.45) is 0 Å². The Bertz CT molecular complexity index is 1320. The van der Waals surface area contributed by atoms with Crippen molar-refractivity contribution in [3.05, 3.63) is 69.3 Å². The van der Waals surface area contributed by atoms with E-state index in [1.165, 1.54) is 30.5 Å². The quantitative estimate of drug-likeness (QED) is 0.414. The Kier molecular flexibility index (Phi) is 6.80. The normalized spacial score (nSPS) is 13.3. The summed E-state index contributed by atoms with van der Waals surface area (Å²) in [5.41, 5.74) is -1.29. The fourth-order valence-electron chi connectivity index (χ4n) is 2.99. The second-order valence-corrected chi connectivity index (χ2v) is 10.3. The Labute approximate surface area is 196 Å². The maximum Gasteiger partial charge on any atom is 0.435 e. The van der Waals surface area contributed by atoms with Gasteiger partial charge >= 0.3 is 6.18 Å². The largest absolute Gasteiger partial charge is 0.437 e. The minimum absolute atomic E-state index is 0.147. The number of alkyl halides is 3. The van der Waals surface area contributed by atoms with Crippen LogP contribution in [-0.4, -0.2) is 26.6 Å². The molecule has 0 radical (unpaired) electrons. The molecule has 33 heavy (non-hydrogen) atoms. The number of amides is 1. The molecule has 0 aliphatic carbocycles. The molecule has 0 bridgehead atoms. The van der Waals surface area contributed by atoms with Gasteiger partial charge in [0, 0.05) is 21.3 Å². The van der Waals surface area contributed by atoms with E-state index in [0.29, 0.717) is 4.47 Å². The van der Waals surface area contributed by atoms with Gasteiger partial charge in [-0.05, 0) is 61.4 Å². The Morgan fingerprint density at radius 1 is 1.15 bits per heavy atom. The minimum Gasteiger partial charge on any atom is -0.437 e. The first-order chi connectivity index (χ1) is 15.3. The van der Waals surface area contributed by atoms with Crippen molar-refractivity contribution >= 4 is 37.3 Å². The summed E-state index contributed by atoms with van der Waals surface area (Å²) in [5.74, 6) is -1.10. The molecule has 0 saturated heterocycles. The van der Waals surface area contributed by atoms with Crippen LogP contribution in [0.15, 0.2) is 51.8 Å². The SMILES string of the molecule is Cc1cc(Br)cc(Oc2nnc(C(F)(F)F)c(C)c2C(=O)Nc2cccc(S(C)(=N)=O)c2)c1. The Morgan fingerprint density at radius 2 is 1.85 bits per heavy atom. The third-order valence-corrected chi connectivity index (χ3v) is 6.06. The summed E-state index contributed by atoms with van der Waals surface area (Å²) in [5, 5.41) is 9.24. The number of carbonyl (C=O) groups excluding carboxylic acids is 1. The van der Waals surface area contributed by atoms with Crippen LogP contribution in [0.25, 0.3) is 0 Å². The molecule has 2 aromatic carbocycles. The molecule has 3 aromatic rings. The van der Waals surface area contributed by atoms with Crippen LogP contribution in [-0.2, 0) is 15.9 Å². The van der Waals surface area contributed by atoms with E-state index in [0.717, 1.165) is 12.5 Å². The zero-order valence-corrected chi connectivity index (χ0v) is 20.0. The molecule has 0 fully saturated rings. The van der Waals surface area contributed by atoms with E-state index in [2.05, 4.69) is 31.4 Å². The first-order valence-corrected chi connectivity index (χ1v) is 12.1. The standard InChI is InChI=1S/C21H18BrF3N4O3S/c1-11-7-13(22)9-15(8-11)32-20-17(12(2)18(28-29-20)21(23,24)25)19(30)27-14-5-4-6-16(10-14)33(3,26)31/h4-10,26H,1-3H3,(H,27,30). The summed E-state index contributed by atoms with van der Waals surface area (Å²) in [7, 11) is -3.07. The van der Waals surface area contributed by atoms with E-state index >= 15 is 0 Å². The van der Waals surface area contributed by atoms with Crippen molar-refractivity contribution in [1.29, 1.82) is 4.78 Å². The number of anilines is 1. The number of carbonyl (C=O) groups is 1. The summed E-state index contributed by atoms with van der Waals surface area (Å²) in [6.07, 6.45) is -3.62. The Balaban J connectivity index is 2.08. The van der Waals surface area contributed by atoms with Crippen LogP contribution < -0.4 is 10.1 Å². The molecule has 7 nitrogen and oxygen atoms in total. The van der Waals surface area contributed by atoms with Gasteiger partial charge in [-0.3, -0.25) is 4.79 Å². The monoisotopic (exact) mass is 542 g/mol. The van der Waals surface area contributed by atoms with Gasteiger partial charge in [0.2, 0.25) is 0 Å². The molecule has 0 saturated carbocycles. The molecule has 0 spiro atoms. The van der Waals surface area contributed by atoms with E-state index in [4.69, 9.17) is 9.52 Å². The summed E-state index contributed by atoms with van der Waals surface area (Å²) in [4.78, 5) is 13.2. The predicted molar refractivity (Wildman–Crippen MR) is 120 cm³/mol. The molecule has 1 aromatic heterocycles. The highest BCUT2D eigenvalue weighted by Crippen LogP contribution is 2.35. The number of aromatic nitrogens is 2. The van der Waals surface area contributed by atoms with Crippen molar-refractivity contribution in [2.75, 3.05) is 11.6 Å². The molecule has 1 heterocycles. The molecule has 3 rings (SSSR count). The number of ether oxygens (including phenoxy) is 1. The number of hydrogen-bond acceptors (Lipinski definition) is 6. The first kappa shape index (κ1) is 24.6. The molecule has 0 aliphatic rings. The zero-order chi connectivity index (χ0) is 24.6. The second kappa shape index (κ2) is 9.10. The van der Waals surface area contributed by atoms with Crippen LogP contribution in [0.1, 0.15) is 27.2 Å². The summed E-state index contributed by atoms with van der Waals surface area (Å²) >= 11 is 3.31. The van der Waals surface area contributed by atoms with Gasteiger partial charge in [-0.15, -0.1) is 10.2 Å². The highest BCUT2D eigenvalue weighted by Gasteiger charge is 2.38. The average molecular weight is 543 g/mol. The molecule has 1 unspecified atom stereocenters. The fraction of sp³-hybridized carbons (Fsp3) is 0.190. The van der Waals surface area contributed by atoms with Gasteiger partial charge in [-0.25, -0.2) is 8.99 Å². The second-order valence-electron chi connectivity index (χ2n) is 7.24. The average Bonchev–Trinajstić information content (AvgIpc) is 2.65. The molecule has 0 aliphatic heterocycles.